The van der Waals surface area contributed by atoms with Gasteiger partial charge >= 0.3 is 0 Å². The van der Waals surface area contributed by atoms with Gasteiger partial charge in [0.05, 0.1) is 0 Å². The van der Waals surface area contributed by atoms with Crippen LogP contribution in [-0.2, 0) is 0 Å². The molecular formula is C32H52ClN. The molecule has 1 N–H and O–H groups in total. The fraction of sp³-hybridized carbons (Fsp3) is 0.625. The van der Waals surface area contributed by atoms with Crippen LogP contribution in [0.4, 0.5) is 0 Å². The van der Waals surface area contributed by atoms with E-state index in [2.05, 4.69) is 72.9 Å². The molecule has 0 aliphatic carbocycles. The van der Waals surface area contributed by atoms with Gasteiger partial charge in [-0.25, -0.2) is 0 Å². The Hall–Kier alpha value is -1.31. The number of nitrogens with one attached hydrogen (secondary N) is 1. The molecule has 0 spiro atoms. The smallest absolute Gasteiger partial charge is 0.0214 e. The zero-order valence-corrected chi connectivity index (χ0v) is 22.8. The molecule has 0 saturated heterocycles. The van der Waals surface area contributed by atoms with E-state index in [4.69, 9.17) is 0 Å². The van der Waals surface area contributed by atoms with Crippen LogP contribution in [0.25, 0.3) is 0 Å². The second-order valence-electron chi connectivity index (χ2n) is 9.88. The Balaban J connectivity index is 0.00000578. The highest BCUT2D eigenvalue weighted by molar-refractivity contribution is 5.85. The second-order valence-corrected chi connectivity index (χ2v) is 9.88. The van der Waals surface area contributed by atoms with Crippen LogP contribution in [-0.4, -0.2) is 13.1 Å². The van der Waals surface area contributed by atoms with Gasteiger partial charge in [0.1, 0.15) is 0 Å². The molecule has 0 aliphatic rings. The molecule has 0 fully saturated rings. The Labute approximate surface area is 217 Å². The molecule has 1 nitrogen and oxygen atoms in total. The summed E-state index contributed by atoms with van der Waals surface area (Å²) in [6, 6.07) is 21.9. The van der Waals surface area contributed by atoms with Crippen molar-refractivity contribution >= 4 is 12.4 Å². The highest BCUT2D eigenvalue weighted by atomic mass is 35.5. The summed E-state index contributed by atoms with van der Waals surface area (Å²) < 4.78 is 0. The number of unbranched alkanes of at least 4 members (excludes halogenated alkanes) is 15. The monoisotopic (exact) mass is 485 g/mol. The van der Waals surface area contributed by atoms with Gasteiger partial charge in [-0.15, -0.1) is 12.4 Å². The molecular weight excluding hydrogens is 434 g/mol. The van der Waals surface area contributed by atoms with Crippen LogP contribution < -0.4 is 5.32 Å². The van der Waals surface area contributed by atoms with E-state index in [0.29, 0.717) is 5.92 Å². The lowest BCUT2D eigenvalue weighted by Gasteiger charge is -2.19. The van der Waals surface area contributed by atoms with Crippen LogP contribution in [0.5, 0.6) is 0 Å². The first-order valence-corrected chi connectivity index (χ1v) is 14.2. The van der Waals surface area contributed by atoms with Crippen LogP contribution in [0.2, 0.25) is 0 Å². The first-order chi connectivity index (χ1) is 16.4. The van der Waals surface area contributed by atoms with Crippen molar-refractivity contribution in [2.24, 2.45) is 0 Å². The average molecular weight is 486 g/mol. The summed E-state index contributed by atoms with van der Waals surface area (Å²) in [6.45, 7) is 4.45. The molecule has 0 radical (unpaired) electrons. The van der Waals surface area contributed by atoms with Crippen LogP contribution in [0.15, 0.2) is 60.7 Å². The topological polar surface area (TPSA) is 12.0 Å². The van der Waals surface area contributed by atoms with E-state index in [1.54, 1.807) is 0 Å². The molecule has 2 aromatic rings. The summed E-state index contributed by atoms with van der Waals surface area (Å²) in [5.74, 6) is 0.438. The largest absolute Gasteiger partial charge is 0.316 e. The molecule has 0 aliphatic heterocycles. The molecule has 0 unspecified atom stereocenters. The third-order valence-electron chi connectivity index (χ3n) is 6.96. The number of rotatable bonds is 21. The molecule has 2 aromatic carbocycles. The van der Waals surface area contributed by atoms with Crippen molar-refractivity contribution in [3.8, 4) is 0 Å². The maximum Gasteiger partial charge on any atom is 0.0214 e. The number of halogens is 1. The van der Waals surface area contributed by atoms with Gasteiger partial charge in [0.2, 0.25) is 0 Å². The Morgan fingerprint density at radius 3 is 1.24 bits per heavy atom. The van der Waals surface area contributed by atoms with Gasteiger partial charge < -0.3 is 5.32 Å². The normalized spacial score (nSPS) is 11.0. The lowest BCUT2D eigenvalue weighted by molar-refractivity contribution is 0.523. The van der Waals surface area contributed by atoms with E-state index in [9.17, 15) is 0 Å². The molecule has 34 heavy (non-hydrogen) atoms. The molecule has 0 heterocycles. The maximum atomic E-state index is 3.73. The third kappa shape index (κ3) is 14.8. The van der Waals surface area contributed by atoms with E-state index in [-0.39, 0.29) is 12.4 Å². The zero-order valence-electron chi connectivity index (χ0n) is 22.0. The Morgan fingerprint density at radius 2 is 0.853 bits per heavy atom. The number of hydrogen-bond donors (Lipinski definition) is 1. The van der Waals surface area contributed by atoms with E-state index in [1.165, 1.54) is 114 Å². The van der Waals surface area contributed by atoms with E-state index in [1.807, 2.05) is 0 Å². The molecule has 0 atom stereocenters. The minimum atomic E-state index is 0. The van der Waals surface area contributed by atoms with Crippen LogP contribution >= 0.6 is 12.4 Å². The van der Waals surface area contributed by atoms with Crippen molar-refractivity contribution in [1.82, 2.24) is 5.32 Å². The zero-order chi connectivity index (χ0) is 23.2. The van der Waals surface area contributed by atoms with Crippen molar-refractivity contribution in [2.75, 3.05) is 13.1 Å². The Bertz CT molecular complexity index is 618. The van der Waals surface area contributed by atoms with E-state index < -0.39 is 0 Å². The van der Waals surface area contributed by atoms with Crippen molar-refractivity contribution in [3.63, 3.8) is 0 Å². The molecule has 2 heteroatoms. The minimum Gasteiger partial charge on any atom is -0.316 e. The van der Waals surface area contributed by atoms with Gasteiger partial charge in [-0.1, -0.05) is 164 Å². The molecule has 0 saturated carbocycles. The molecule has 2 rings (SSSR count). The molecule has 0 bridgehead atoms. The van der Waals surface area contributed by atoms with Gasteiger partial charge in [0, 0.05) is 12.5 Å². The highest BCUT2D eigenvalue weighted by Crippen LogP contribution is 2.23. The van der Waals surface area contributed by atoms with E-state index in [0.717, 1.165) is 13.1 Å². The number of hydrogen-bond acceptors (Lipinski definition) is 1. The standard InChI is InChI=1S/C32H51N.ClH/c1-2-3-4-5-6-7-8-9-10-11-12-13-14-15-16-23-28-33-29-32(30-24-19-17-20-25-30)31-26-21-18-22-27-31;/h17-22,24-27,32-33H,2-16,23,28-29H2,1H3;1H. The van der Waals surface area contributed by atoms with Gasteiger partial charge in [0.15, 0.2) is 0 Å². The van der Waals surface area contributed by atoms with Gasteiger partial charge in [-0.05, 0) is 24.1 Å². The van der Waals surface area contributed by atoms with Crippen LogP contribution in [0.1, 0.15) is 127 Å². The van der Waals surface area contributed by atoms with Crippen LogP contribution in [0, 0.1) is 0 Å². The lowest BCUT2D eigenvalue weighted by atomic mass is 9.91. The van der Waals surface area contributed by atoms with Crippen molar-refractivity contribution < 1.29 is 0 Å². The van der Waals surface area contributed by atoms with Gasteiger partial charge in [-0.2, -0.15) is 0 Å². The Kier molecular flexibility index (Phi) is 20.0. The molecule has 0 amide bonds. The first kappa shape index (κ1) is 30.7. The van der Waals surface area contributed by atoms with Gasteiger partial charge in [-0.3, -0.25) is 0 Å². The Morgan fingerprint density at radius 1 is 0.500 bits per heavy atom. The predicted molar refractivity (Wildman–Crippen MR) is 154 cm³/mol. The maximum absolute atomic E-state index is 3.73. The second kappa shape index (κ2) is 22.2. The lowest BCUT2D eigenvalue weighted by Crippen LogP contribution is -2.23. The summed E-state index contributed by atoms with van der Waals surface area (Å²) in [7, 11) is 0. The van der Waals surface area contributed by atoms with Crippen LogP contribution in [0.3, 0.4) is 0 Å². The summed E-state index contributed by atoms with van der Waals surface area (Å²) in [5.41, 5.74) is 2.81. The van der Waals surface area contributed by atoms with Crippen molar-refractivity contribution in [1.29, 1.82) is 0 Å². The molecule has 0 aromatic heterocycles. The van der Waals surface area contributed by atoms with Crippen molar-refractivity contribution in [2.45, 2.75) is 116 Å². The fourth-order valence-corrected chi connectivity index (χ4v) is 4.84. The van der Waals surface area contributed by atoms with Gasteiger partial charge in [0.25, 0.3) is 0 Å². The van der Waals surface area contributed by atoms with E-state index >= 15 is 0 Å². The summed E-state index contributed by atoms with van der Waals surface area (Å²) in [5, 5.41) is 3.73. The quantitative estimate of drug-likeness (QED) is 0.173. The SMILES string of the molecule is CCCCCCCCCCCCCCCCCCNCC(c1ccccc1)c1ccccc1.Cl. The average Bonchev–Trinajstić information content (AvgIpc) is 2.86. The first-order valence-electron chi connectivity index (χ1n) is 14.2. The minimum absolute atomic E-state index is 0. The fourth-order valence-electron chi connectivity index (χ4n) is 4.84. The van der Waals surface area contributed by atoms with Crippen molar-refractivity contribution in [3.05, 3.63) is 71.8 Å². The molecule has 192 valence electrons. The highest BCUT2D eigenvalue weighted by Gasteiger charge is 2.12. The summed E-state index contributed by atoms with van der Waals surface area (Å²) in [4.78, 5) is 0. The third-order valence-corrected chi connectivity index (χ3v) is 6.96. The summed E-state index contributed by atoms with van der Waals surface area (Å²) >= 11 is 0. The number of benzene rings is 2. The summed E-state index contributed by atoms with van der Waals surface area (Å²) in [6.07, 6.45) is 22.9. The predicted octanol–water partition coefficient (Wildman–Crippen LogP) is 10.1.